The summed E-state index contributed by atoms with van der Waals surface area (Å²) in [6.07, 6.45) is 6.27. The highest BCUT2D eigenvalue weighted by atomic mass is 32.1. The number of para-hydroxylation sites is 1. The minimum Gasteiger partial charge on any atom is -0.456 e. The van der Waals surface area contributed by atoms with E-state index in [0.29, 0.717) is 52.4 Å². The lowest BCUT2D eigenvalue weighted by molar-refractivity contribution is 0.669. The van der Waals surface area contributed by atoms with Crippen molar-refractivity contribution in [2.24, 2.45) is 0 Å². The molecule has 0 fully saturated rings. The van der Waals surface area contributed by atoms with Crippen molar-refractivity contribution in [3.63, 3.8) is 0 Å². The number of thiophene rings is 1. The molecule has 0 radical (unpaired) electrons. The summed E-state index contributed by atoms with van der Waals surface area (Å²) in [5.41, 5.74) is 21.6. The average Bonchev–Trinajstić information content (AvgIpc) is 1.58. The molecule has 31 aromatic rings. The van der Waals surface area contributed by atoms with E-state index in [1.807, 2.05) is 127 Å². The van der Waals surface area contributed by atoms with Crippen LogP contribution in [-0.4, -0.2) is 73.0 Å². The quantitative estimate of drug-likeness (QED) is 0.118. The monoisotopic (exact) mass is 1870 g/mol. The topological polar surface area (TPSA) is 181 Å². The van der Waals surface area contributed by atoms with Crippen LogP contribution < -0.4 is 0 Å². The minimum atomic E-state index is 0.609. The lowest BCUT2D eigenvalue weighted by atomic mass is 9.95. The van der Waals surface area contributed by atoms with Crippen LogP contribution in [0.3, 0.4) is 0 Å². The molecule has 17 heteroatoms. The molecule has 0 atom stereocenters. The van der Waals surface area contributed by atoms with E-state index in [9.17, 15) is 0 Å². The third-order valence-electron chi connectivity index (χ3n) is 28.1. The Morgan fingerprint density at radius 3 is 0.897 bits per heavy atom. The molecular weight excluding hydrogens is 1800 g/mol. The zero-order chi connectivity index (χ0) is 95.3. The average molecular weight is 1870 g/mol. The number of nitrogens with zero attached hydrogens (tertiary/aromatic N) is 15. The predicted molar refractivity (Wildman–Crippen MR) is 593 cm³/mol. The summed E-state index contributed by atoms with van der Waals surface area (Å²) in [5.74, 6) is 5.73. The Kier molecular flexibility index (Phi) is 19.1. The van der Waals surface area contributed by atoms with Gasteiger partial charge in [0, 0.05) is 132 Å². The van der Waals surface area contributed by atoms with E-state index in [2.05, 4.69) is 353 Å². The molecule has 31 rings (SSSR count). The molecule has 0 unspecified atom stereocenters. The minimum absolute atomic E-state index is 0.609. The summed E-state index contributed by atoms with van der Waals surface area (Å²) >= 11 is 1.81. The van der Waals surface area contributed by atoms with Gasteiger partial charge in [0.25, 0.3) is 0 Å². The molecule has 145 heavy (non-hydrogen) atoms. The number of imidazole rings is 3. The van der Waals surface area contributed by atoms with Gasteiger partial charge in [0.05, 0.1) is 33.1 Å². The molecule has 0 aliphatic carbocycles. The van der Waals surface area contributed by atoms with Gasteiger partial charge in [-0.2, -0.15) is 0 Å². The smallest absolute Gasteiger partial charge is 0.164 e. The van der Waals surface area contributed by atoms with Crippen molar-refractivity contribution in [1.29, 1.82) is 0 Å². The second-order valence-electron chi connectivity index (χ2n) is 36.6. The SMILES string of the molecule is c1ccc(-c2nc(-c3ccc4oc5ccccc5c4c3)nc(-c3ccc4c(c3)c3ccccc3c3nc5ccccn5c43)n2)cc1.c1ccc(-c2nc(-c3ccc4sc5ccccc5c4c3)nc(-c3ccc4c(c3)c3ccccc3c3nc5ccccn5c43)n2)cc1.c1ccc2cc(-c3nc(-c4ccc(-c5ccc6c(c5)c5ccccc5c5nc7ccccn7c65)cc4)nc(-c4ccc5ccccc5c4)n3)ccc2c1. The number of fused-ring (bicyclic) bond motifs is 32. The highest BCUT2D eigenvalue weighted by molar-refractivity contribution is 7.25. The Labute approximate surface area is 830 Å². The highest BCUT2D eigenvalue weighted by Gasteiger charge is 2.25. The van der Waals surface area contributed by atoms with E-state index in [0.717, 1.165) is 192 Å². The first-order chi connectivity index (χ1) is 71.8. The van der Waals surface area contributed by atoms with Crippen LogP contribution in [0, 0.1) is 0 Å². The van der Waals surface area contributed by atoms with Crippen molar-refractivity contribution in [2.45, 2.75) is 0 Å². The van der Waals surface area contributed by atoms with E-state index < -0.39 is 0 Å². The van der Waals surface area contributed by atoms with Gasteiger partial charge in [-0.25, -0.2) is 59.8 Å². The fourth-order valence-corrected chi connectivity index (χ4v) is 22.2. The van der Waals surface area contributed by atoms with Crippen LogP contribution in [-0.2, 0) is 0 Å². The van der Waals surface area contributed by atoms with Crippen molar-refractivity contribution in [3.8, 4) is 114 Å². The number of hydrogen-bond donors (Lipinski definition) is 0. The number of pyridine rings is 3. The molecule has 11 heterocycles. The Hall–Kier alpha value is -19.6. The zero-order valence-electron chi connectivity index (χ0n) is 77.3. The standard InChI is InChI=1S/C48H29N5.C40H23N5O.C40H23N5S/c1-3-11-34-27-37(22-18-30(34)9-1)47-50-46(51-48(52-47)38-23-19-31-10-2-4-12-35(31)28-38)33-20-16-32(17-21-33)36-24-25-41-42(29-36)39-13-5-6-14-40(39)44-45(41)53-26-8-7-15-43(53)49-44;2*1-2-10-24(11-3-1)38-42-39(44-40(43-38)26-18-20-34-32(23-26)28-13-6-7-15-33(28)46-34)25-17-19-30-31(22-25)27-12-4-5-14-29(27)36-37(30)45-21-9-8-16-35(45)41-36/h1-29H;2*1-23H. The maximum absolute atomic E-state index is 6.10. The zero-order valence-corrected chi connectivity index (χ0v) is 78.1. The first-order valence-electron chi connectivity index (χ1n) is 48.3. The molecule has 20 aromatic carbocycles. The van der Waals surface area contributed by atoms with Gasteiger partial charge in [-0.1, -0.05) is 322 Å². The summed E-state index contributed by atoms with van der Waals surface area (Å²) in [6.45, 7) is 0. The maximum Gasteiger partial charge on any atom is 0.164 e. The fourth-order valence-electron chi connectivity index (χ4n) is 21.1. The molecule has 0 aliphatic heterocycles. The highest BCUT2D eigenvalue weighted by Crippen LogP contribution is 2.45. The third-order valence-corrected chi connectivity index (χ3v) is 29.2. The van der Waals surface area contributed by atoms with Gasteiger partial charge in [0.1, 0.15) is 28.1 Å². The number of rotatable bonds is 10. The number of hydrogen-bond acceptors (Lipinski definition) is 14. The predicted octanol–water partition coefficient (Wildman–Crippen LogP) is 32.2. The van der Waals surface area contributed by atoms with Crippen LogP contribution in [0.4, 0.5) is 0 Å². The molecule has 0 spiro atoms. The Balaban J connectivity index is 0.000000104. The van der Waals surface area contributed by atoms with Crippen LogP contribution in [0.15, 0.2) is 460 Å². The van der Waals surface area contributed by atoms with E-state index in [1.54, 1.807) is 0 Å². The second-order valence-corrected chi connectivity index (χ2v) is 37.7. The van der Waals surface area contributed by atoms with E-state index in [1.165, 1.54) is 47.1 Å². The van der Waals surface area contributed by atoms with Gasteiger partial charge in [-0.3, -0.25) is 13.2 Å². The summed E-state index contributed by atoms with van der Waals surface area (Å²) in [7, 11) is 0. The molecular formula is C128H75N15OS. The summed E-state index contributed by atoms with van der Waals surface area (Å²) < 4.78 is 15.2. The number of furan rings is 1. The van der Waals surface area contributed by atoms with E-state index in [4.69, 9.17) is 64.2 Å². The van der Waals surface area contributed by atoms with E-state index >= 15 is 0 Å². The van der Waals surface area contributed by atoms with Crippen LogP contribution in [0.5, 0.6) is 0 Å². The third kappa shape index (κ3) is 14.1. The van der Waals surface area contributed by atoms with Crippen molar-refractivity contribution >= 4 is 190 Å². The summed E-state index contributed by atoms with van der Waals surface area (Å²) in [4.78, 5) is 60.6. The van der Waals surface area contributed by atoms with Gasteiger partial charge in [0.2, 0.25) is 0 Å². The molecule has 0 bridgehead atoms. The van der Waals surface area contributed by atoms with Gasteiger partial charge >= 0.3 is 0 Å². The first kappa shape index (κ1) is 82.5. The van der Waals surface area contributed by atoms with Crippen molar-refractivity contribution in [3.05, 3.63) is 455 Å². The van der Waals surface area contributed by atoms with Gasteiger partial charge < -0.3 is 4.42 Å². The molecule has 0 saturated heterocycles. The lowest BCUT2D eigenvalue weighted by Gasteiger charge is -2.11. The van der Waals surface area contributed by atoms with Crippen LogP contribution in [0.1, 0.15) is 0 Å². The molecule has 0 saturated carbocycles. The fraction of sp³-hybridized carbons (Fsp3) is 0. The molecule has 0 aliphatic rings. The molecule has 674 valence electrons. The Morgan fingerprint density at radius 2 is 0.448 bits per heavy atom. The summed E-state index contributed by atoms with van der Waals surface area (Å²) in [5, 5.41) is 23.1. The van der Waals surface area contributed by atoms with Crippen molar-refractivity contribution in [1.82, 2.24) is 73.0 Å². The normalized spacial score (nSPS) is 11.9. The van der Waals surface area contributed by atoms with Crippen molar-refractivity contribution < 1.29 is 4.42 Å². The van der Waals surface area contributed by atoms with Gasteiger partial charge in [-0.15, -0.1) is 11.3 Å². The molecule has 16 nitrogen and oxygen atoms in total. The number of benzene rings is 20. The lowest BCUT2D eigenvalue weighted by Crippen LogP contribution is -2.00. The van der Waals surface area contributed by atoms with Crippen LogP contribution in [0.25, 0.3) is 292 Å². The molecule has 0 amide bonds. The van der Waals surface area contributed by atoms with E-state index in [-0.39, 0.29) is 0 Å². The Bertz CT molecular complexity index is 10300. The Morgan fingerprint density at radius 1 is 0.159 bits per heavy atom. The molecule has 11 aromatic heterocycles. The van der Waals surface area contributed by atoms with Crippen molar-refractivity contribution in [2.75, 3.05) is 0 Å². The second kappa shape index (κ2) is 33.6. The summed E-state index contributed by atoms with van der Waals surface area (Å²) in [6, 6.07) is 151. The van der Waals surface area contributed by atoms with Gasteiger partial charge in [-0.05, 0) is 180 Å². The maximum atomic E-state index is 6.10. The number of aromatic nitrogens is 15. The first-order valence-corrected chi connectivity index (χ1v) is 49.1. The van der Waals surface area contributed by atoms with Gasteiger partial charge in [0.15, 0.2) is 52.4 Å². The largest absolute Gasteiger partial charge is 0.456 e. The van der Waals surface area contributed by atoms with Crippen LogP contribution >= 0.6 is 11.3 Å². The van der Waals surface area contributed by atoms with Crippen LogP contribution in [0.2, 0.25) is 0 Å². The molecule has 0 N–H and O–H groups in total.